The minimum Gasteiger partial charge on any atom is -0.450 e. The molecule has 2 aromatic heterocycles. The summed E-state index contributed by atoms with van der Waals surface area (Å²) in [5.74, 6) is -0.0298. The zero-order valence-corrected chi connectivity index (χ0v) is 42.8. The number of aryl methyl sites for hydroxylation is 2. The van der Waals surface area contributed by atoms with Gasteiger partial charge in [0.1, 0.15) is 5.03 Å². The number of aromatic nitrogens is 2. The molecule has 410 valence electrons. The Balaban J connectivity index is 1.21. The van der Waals surface area contributed by atoms with Crippen molar-refractivity contribution in [3.8, 4) is 0 Å². The second-order valence-corrected chi connectivity index (χ2v) is 20.9. The smallest absolute Gasteiger partial charge is 0.416 e. The van der Waals surface area contributed by atoms with Crippen LogP contribution in [-0.4, -0.2) is 65.1 Å². The minimum absolute atomic E-state index is 0.0177. The van der Waals surface area contributed by atoms with Crippen LogP contribution < -0.4 is 0 Å². The van der Waals surface area contributed by atoms with Crippen LogP contribution in [0.1, 0.15) is 95.2 Å². The van der Waals surface area contributed by atoms with Crippen LogP contribution in [0.2, 0.25) is 0 Å². The number of benzene rings is 4. The molecule has 4 aromatic carbocycles. The molecule has 0 aliphatic carbocycles. The van der Waals surface area contributed by atoms with E-state index in [4.69, 9.17) is 14.5 Å². The van der Waals surface area contributed by atoms with E-state index in [0.29, 0.717) is 80.8 Å². The van der Waals surface area contributed by atoms with Gasteiger partial charge in [0, 0.05) is 35.0 Å². The van der Waals surface area contributed by atoms with E-state index >= 15 is 0 Å². The van der Waals surface area contributed by atoms with Gasteiger partial charge in [-0.1, -0.05) is 43.3 Å². The summed E-state index contributed by atoms with van der Waals surface area (Å²) in [6.07, 6.45) is -21.8. The number of hydrogen-bond donors (Lipinski definition) is 0. The Bertz CT molecular complexity index is 3120. The van der Waals surface area contributed by atoms with Gasteiger partial charge in [0.05, 0.1) is 65.3 Å². The molecule has 24 heteroatoms. The Kier molecular flexibility index (Phi) is 18.6. The van der Waals surface area contributed by atoms with Crippen molar-refractivity contribution >= 4 is 55.6 Å². The lowest BCUT2D eigenvalue weighted by molar-refractivity contribution is -0.144. The molecule has 0 aliphatic rings. The summed E-state index contributed by atoms with van der Waals surface area (Å²) in [7, 11) is -4.13. The number of para-hydroxylation sites is 2. The van der Waals surface area contributed by atoms with Crippen LogP contribution >= 0.6 is 11.8 Å². The van der Waals surface area contributed by atoms with Crippen molar-refractivity contribution in [2.24, 2.45) is 0 Å². The molecular formula is C52H50F12N4O6S2. The third-order valence-corrected chi connectivity index (χ3v) is 14.8. The molecular weight excluding hydrogens is 1070 g/mol. The second-order valence-electron chi connectivity index (χ2n) is 17.8. The average molecular weight is 1120 g/mol. The predicted octanol–water partition coefficient (Wildman–Crippen LogP) is 14.9. The van der Waals surface area contributed by atoms with Crippen molar-refractivity contribution in [1.82, 2.24) is 19.8 Å². The van der Waals surface area contributed by atoms with Gasteiger partial charge in [-0.2, -0.15) is 52.7 Å². The molecule has 0 unspecified atom stereocenters. The Morgan fingerprint density at radius 2 is 1.01 bits per heavy atom. The predicted molar refractivity (Wildman–Crippen MR) is 260 cm³/mol. The monoisotopic (exact) mass is 1120 g/mol. The number of thioether (sulfide) groups is 1. The number of halogens is 12. The van der Waals surface area contributed by atoms with Gasteiger partial charge in [0.15, 0.2) is 14.9 Å². The molecule has 2 heterocycles. The molecule has 0 aliphatic heterocycles. The zero-order valence-electron chi connectivity index (χ0n) is 41.2. The number of nitrogens with zero attached hydrogens (tertiary/aromatic N) is 4. The Hall–Kier alpha value is -6.30. The van der Waals surface area contributed by atoms with E-state index in [1.54, 1.807) is 63.2 Å². The standard InChI is InChI=1S/C52H50F12N4O6S2/c1-5-18-76(71,72)46-38(24-36-15-11-13-32(4)44(36)66-46)30-68(28-34-21-41(51(59,60)61)26-42(22-34)52(62,63)64)48(70)74-16-8-7-9-17-75-45-37(23-35-14-10-12-31(3)43(35)65-45)29-67(47(69)73-6-2)27-33-19-39(49(53,54)55)25-40(20-33)50(56,57)58/h10-15,19-26H,5-9,16-18,27-30H2,1-4H3. The number of rotatable bonds is 19. The molecule has 0 saturated heterocycles. The molecule has 6 rings (SSSR count). The summed E-state index contributed by atoms with van der Waals surface area (Å²) >= 11 is 1.22. The van der Waals surface area contributed by atoms with Crippen LogP contribution in [-0.2, 0) is 70.2 Å². The van der Waals surface area contributed by atoms with E-state index in [2.05, 4.69) is 4.98 Å². The summed E-state index contributed by atoms with van der Waals surface area (Å²) in [6, 6.07) is 15.3. The maximum absolute atomic E-state index is 13.9. The summed E-state index contributed by atoms with van der Waals surface area (Å²) < 4.78 is 204. The highest BCUT2D eigenvalue weighted by molar-refractivity contribution is 7.99. The third kappa shape index (κ3) is 15.2. The minimum atomic E-state index is -5.21. The second kappa shape index (κ2) is 23.9. The van der Waals surface area contributed by atoms with Gasteiger partial charge in [-0.15, -0.1) is 11.8 Å². The number of hydrogen-bond acceptors (Lipinski definition) is 9. The molecule has 0 fully saturated rings. The summed E-state index contributed by atoms with van der Waals surface area (Å²) in [6.45, 7) is 3.54. The number of amides is 2. The quantitative estimate of drug-likeness (QED) is 0.0444. The fourth-order valence-electron chi connectivity index (χ4n) is 8.19. The normalized spacial score (nSPS) is 12.6. The third-order valence-electron chi connectivity index (χ3n) is 11.7. The van der Waals surface area contributed by atoms with Crippen molar-refractivity contribution in [3.63, 3.8) is 0 Å². The average Bonchev–Trinajstić information content (AvgIpc) is 3.32. The largest absolute Gasteiger partial charge is 0.450 e. The van der Waals surface area contributed by atoms with E-state index in [0.717, 1.165) is 15.4 Å². The summed E-state index contributed by atoms with van der Waals surface area (Å²) in [4.78, 5) is 38.2. The number of pyridine rings is 2. The number of sulfone groups is 1. The van der Waals surface area contributed by atoms with Crippen LogP contribution in [0, 0.1) is 13.8 Å². The van der Waals surface area contributed by atoms with E-state index in [1.165, 1.54) is 24.8 Å². The van der Waals surface area contributed by atoms with E-state index in [-0.39, 0.29) is 56.0 Å². The molecule has 0 radical (unpaired) electrons. The fraction of sp³-hybridized carbons (Fsp3) is 0.385. The highest BCUT2D eigenvalue weighted by Crippen LogP contribution is 2.39. The molecule has 0 bridgehead atoms. The van der Waals surface area contributed by atoms with Crippen LogP contribution in [0.25, 0.3) is 21.8 Å². The Labute approximate surface area is 433 Å². The van der Waals surface area contributed by atoms with Gasteiger partial charge >= 0.3 is 36.9 Å². The zero-order chi connectivity index (χ0) is 56.0. The maximum atomic E-state index is 13.9. The van der Waals surface area contributed by atoms with Gasteiger partial charge in [-0.3, -0.25) is 9.80 Å². The van der Waals surface area contributed by atoms with Crippen molar-refractivity contribution in [3.05, 3.63) is 141 Å². The molecule has 0 saturated carbocycles. The fourth-order valence-corrected chi connectivity index (χ4v) is 10.7. The molecule has 10 nitrogen and oxygen atoms in total. The summed E-state index contributed by atoms with van der Waals surface area (Å²) in [5, 5.41) is 1.03. The number of alkyl halides is 12. The maximum Gasteiger partial charge on any atom is 0.416 e. The molecule has 0 atom stereocenters. The number of fused-ring (bicyclic) bond motifs is 2. The van der Waals surface area contributed by atoms with Gasteiger partial charge in [-0.05, 0) is 123 Å². The number of carbonyl (C=O) groups excluding carboxylic acids is 2. The highest BCUT2D eigenvalue weighted by Gasteiger charge is 2.39. The molecule has 76 heavy (non-hydrogen) atoms. The van der Waals surface area contributed by atoms with Crippen molar-refractivity contribution in [1.29, 1.82) is 0 Å². The van der Waals surface area contributed by atoms with Crippen molar-refractivity contribution in [2.75, 3.05) is 24.7 Å². The Morgan fingerprint density at radius 1 is 0.566 bits per heavy atom. The van der Waals surface area contributed by atoms with Gasteiger partial charge < -0.3 is 9.47 Å². The van der Waals surface area contributed by atoms with Gasteiger partial charge in [0.2, 0.25) is 0 Å². The summed E-state index contributed by atoms with van der Waals surface area (Å²) in [5.41, 5.74) is -4.82. The topological polar surface area (TPSA) is 119 Å². The van der Waals surface area contributed by atoms with E-state index in [9.17, 15) is 70.7 Å². The lowest BCUT2D eigenvalue weighted by atomic mass is 10.0. The lowest BCUT2D eigenvalue weighted by Crippen LogP contribution is -2.32. The first-order valence-electron chi connectivity index (χ1n) is 23.5. The van der Waals surface area contributed by atoms with Gasteiger partial charge in [0.25, 0.3) is 0 Å². The number of ether oxygens (including phenoxy) is 2. The van der Waals surface area contributed by atoms with E-state index < -0.39 is 105 Å². The van der Waals surface area contributed by atoms with E-state index in [1.807, 2.05) is 0 Å². The van der Waals surface area contributed by atoms with Crippen molar-refractivity contribution in [2.45, 2.75) is 114 Å². The van der Waals surface area contributed by atoms with Crippen LogP contribution in [0.15, 0.2) is 95.0 Å². The first-order chi connectivity index (χ1) is 35.5. The molecule has 0 spiro atoms. The number of unbranched alkanes of at least 4 members (excludes halogenated alkanes) is 2. The molecule has 2 amide bonds. The van der Waals surface area contributed by atoms with Crippen molar-refractivity contribution < 1.29 is 80.2 Å². The highest BCUT2D eigenvalue weighted by atomic mass is 32.2. The lowest BCUT2D eigenvalue weighted by Gasteiger charge is -2.25. The van der Waals surface area contributed by atoms with Crippen LogP contribution in [0.3, 0.4) is 0 Å². The first-order valence-corrected chi connectivity index (χ1v) is 26.2. The van der Waals surface area contributed by atoms with Gasteiger partial charge in [-0.25, -0.2) is 28.0 Å². The Morgan fingerprint density at radius 3 is 1.47 bits per heavy atom. The first kappa shape index (κ1) is 59.0. The number of carbonyl (C=O) groups is 2. The SMILES string of the molecule is CCCS(=O)(=O)c1nc2c(C)cccc2cc1CN(Cc1cc(C(F)(F)F)cc(C(F)(F)F)c1)C(=O)OCCCCCSc1nc2c(C)cccc2cc1CN(Cc1cc(C(F)(F)F)cc(C(F)(F)F)c1)C(=O)OCC. The van der Waals surface area contributed by atoms with Crippen LogP contribution in [0.5, 0.6) is 0 Å². The van der Waals surface area contributed by atoms with Crippen LogP contribution in [0.4, 0.5) is 62.3 Å². The molecule has 0 N–H and O–H groups in total. The molecule has 6 aromatic rings.